The third kappa shape index (κ3) is 4.91. The minimum absolute atomic E-state index is 0.340. The third-order valence-electron chi connectivity index (χ3n) is 4.03. The second kappa shape index (κ2) is 8.61. The van der Waals surface area contributed by atoms with Gasteiger partial charge in [-0.15, -0.1) is 0 Å². The molecule has 1 heterocycles. The number of aliphatic hydroxyl groups is 1. The Balaban J connectivity index is 2.35. The Bertz CT molecular complexity index is 702. The predicted molar refractivity (Wildman–Crippen MR) is 103 cm³/mol. The van der Waals surface area contributed by atoms with Crippen LogP contribution in [0.5, 0.6) is 0 Å². The Kier molecular flexibility index (Phi) is 6.77. The van der Waals surface area contributed by atoms with Crippen LogP contribution in [0.25, 0.3) is 0 Å². The van der Waals surface area contributed by atoms with E-state index in [4.69, 9.17) is 4.52 Å². The van der Waals surface area contributed by atoms with Gasteiger partial charge in [0.25, 0.3) is 7.37 Å². The number of hydrogen-bond donors (Lipinski definition) is 1. The number of nitrogens with zero attached hydrogens (tertiary/aromatic N) is 2. The highest BCUT2D eigenvalue weighted by atomic mass is 31.2. The molecule has 0 radical (unpaired) electrons. The van der Waals surface area contributed by atoms with E-state index in [-0.39, 0.29) is 0 Å². The molecule has 6 heteroatoms. The van der Waals surface area contributed by atoms with E-state index in [9.17, 15) is 9.67 Å². The van der Waals surface area contributed by atoms with Gasteiger partial charge in [0.2, 0.25) is 0 Å². The predicted octanol–water partition coefficient (Wildman–Crippen LogP) is 3.80. The highest BCUT2D eigenvalue weighted by molar-refractivity contribution is 7.67. The molecule has 0 aliphatic rings. The monoisotopic (exact) mass is 362 g/mol. The topological polar surface area (TPSA) is 62.7 Å². The van der Waals surface area contributed by atoms with Crippen LogP contribution in [0.4, 0.5) is 5.69 Å². The van der Waals surface area contributed by atoms with Crippen LogP contribution in [0, 0.1) is 5.92 Å². The first-order valence-electron chi connectivity index (χ1n) is 8.45. The molecule has 25 heavy (non-hydrogen) atoms. The smallest absolute Gasteiger partial charge is 0.264 e. The van der Waals surface area contributed by atoms with E-state index in [1.54, 1.807) is 36.7 Å². The average molecular weight is 362 g/mol. The van der Waals surface area contributed by atoms with Crippen molar-refractivity contribution >= 4 is 18.4 Å². The fourth-order valence-corrected chi connectivity index (χ4v) is 4.48. The number of rotatable bonds is 8. The van der Waals surface area contributed by atoms with E-state index >= 15 is 0 Å². The lowest BCUT2D eigenvalue weighted by atomic mass is 10.2. The van der Waals surface area contributed by atoms with E-state index < -0.39 is 13.2 Å². The first-order valence-corrected chi connectivity index (χ1v) is 10.1. The molecular weight excluding hydrogens is 335 g/mol. The van der Waals surface area contributed by atoms with Crippen molar-refractivity contribution in [2.45, 2.75) is 26.1 Å². The normalized spacial score (nSPS) is 15.0. The second-order valence-corrected chi connectivity index (χ2v) is 9.14. The summed E-state index contributed by atoms with van der Waals surface area (Å²) in [4.78, 5) is 5.92. The fraction of sp³-hybridized carbons (Fsp3) is 0.421. The molecule has 5 nitrogen and oxygen atoms in total. The van der Waals surface area contributed by atoms with Crippen LogP contribution < -0.4 is 10.2 Å². The molecule has 2 atom stereocenters. The summed E-state index contributed by atoms with van der Waals surface area (Å²) >= 11 is 0. The molecule has 0 aliphatic carbocycles. The minimum atomic E-state index is -3.48. The molecular formula is C19H27N2O3P. The molecule has 2 aromatic rings. The molecule has 1 N–H and O–H groups in total. The quantitative estimate of drug-likeness (QED) is 0.724. The third-order valence-corrected chi connectivity index (χ3v) is 6.56. The number of aromatic nitrogens is 1. The highest BCUT2D eigenvalue weighted by Gasteiger charge is 2.36. The number of pyridine rings is 1. The van der Waals surface area contributed by atoms with Gasteiger partial charge in [-0.3, -0.25) is 9.55 Å². The lowest BCUT2D eigenvalue weighted by Crippen LogP contribution is -2.16. The Morgan fingerprint density at radius 1 is 1.12 bits per heavy atom. The van der Waals surface area contributed by atoms with Gasteiger partial charge in [0.05, 0.1) is 6.61 Å². The zero-order valence-electron chi connectivity index (χ0n) is 15.3. The Hall–Kier alpha value is -1.68. The number of anilines is 1. The van der Waals surface area contributed by atoms with Gasteiger partial charge in [0.15, 0.2) is 5.85 Å². The summed E-state index contributed by atoms with van der Waals surface area (Å²) in [5.41, 5.74) is 1.54. The summed E-state index contributed by atoms with van der Waals surface area (Å²) < 4.78 is 19.5. The lowest BCUT2D eigenvalue weighted by molar-refractivity contribution is 0.209. The molecule has 0 unspecified atom stereocenters. The van der Waals surface area contributed by atoms with Crippen LogP contribution in [0.2, 0.25) is 0 Å². The zero-order valence-corrected chi connectivity index (χ0v) is 16.2. The van der Waals surface area contributed by atoms with Crippen molar-refractivity contribution in [3.63, 3.8) is 0 Å². The van der Waals surface area contributed by atoms with Crippen LogP contribution in [-0.4, -0.2) is 30.8 Å². The molecule has 0 spiro atoms. The van der Waals surface area contributed by atoms with Gasteiger partial charge in [0.1, 0.15) is 0 Å². The van der Waals surface area contributed by atoms with Crippen molar-refractivity contribution in [1.29, 1.82) is 0 Å². The van der Waals surface area contributed by atoms with Crippen molar-refractivity contribution in [2.75, 3.05) is 25.6 Å². The zero-order chi connectivity index (χ0) is 18.4. The largest absolute Gasteiger partial charge is 0.378 e. The molecule has 0 fully saturated rings. The van der Waals surface area contributed by atoms with Crippen LogP contribution >= 0.6 is 7.37 Å². The van der Waals surface area contributed by atoms with Gasteiger partial charge in [-0.2, -0.15) is 0 Å². The van der Waals surface area contributed by atoms with Gasteiger partial charge < -0.3 is 14.5 Å². The van der Waals surface area contributed by atoms with E-state index in [1.165, 1.54) is 0 Å². The molecule has 0 saturated carbocycles. The molecule has 136 valence electrons. The van der Waals surface area contributed by atoms with Crippen LogP contribution in [0.15, 0.2) is 48.8 Å². The number of hydrogen-bond acceptors (Lipinski definition) is 5. The molecule has 0 saturated heterocycles. The summed E-state index contributed by atoms with van der Waals surface area (Å²) in [7, 11) is 0.406. The number of aliphatic hydroxyl groups excluding tert-OH is 1. The summed E-state index contributed by atoms with van der Waals surface area (Å²) in [6, 6.07) is 10.6. The summed E-state index contributed by atoms with van der Waals surface area (Å²) in [5, 5.41) is 11.3. The Labute approximate surface area is 150 Å². The Morgan fingerprint density at radius 3 is 2.24 bits per heavy atom. The maximum absolute atomic E-state index is 13.7. The fourth-order valence-electron chi connectivity index (χ4n) is 2.40. The molecule has 2 rings (SSSR count). The first kappa shape index (κ1) is 19.6. The molecule has 0 amide bonds. The van der Waals surface area contributed by atoms with Crippen molar-refractivity contribution in [3.8, 4) is 0 Å². The van der Waals surface area contributed by atoms with E-state index in [1.807, 2.05) is 31.1 Å². The van der Waals surface area contributed by atoms with Crippen LogP contribution in [0.3, 0.4) is 0 Å². The van der Waals surface area contributed by atoms with Gasteiger partial charge in [-0.1, -0.05) is 13.8 Å². The molecule has 0 bridgehead atoms. The Morgan fingerprint density at radius 2 is 1.72 bits per heavy atom. The van der Waals surface area contributed by atoms with Crippen molar-refractivity contribution in [3.05, 3.63) is 54.4 Å². The lowest BCUT2D eigenvalue weighted by Gasteiger charge is -2.25. The van der Waals surface area contributed by atoms with E-state index in [0.717, 1.165) is 12.1 Å². The van der Waals surface area contributed by atoms with E-state index in [0.29, 0.717) is 23.4 Å². The van der Waals surface area contributed by atoms with E-state index in [2.05, 4.69) is 18.8 Å². The molecule has 1 aromatic heterocycles. The van der Waals surface area contributed by atoms with Gasteiger partial charge in [-0.25, -0.2) is 0 Å². The summed E-state index contributed by atoms with van der Waals surface area (Å²) in [6.07, 6.45) is 3.93. The van der Waals surface area contributed by atoms with Crippen molar-refractivity contribution in [2.24, 2.45) is 5.92 Å². The van der Waals surface area contributed by atoms with Gasteiger partial charge in [-0.05, 0) is 54.3 Å². The van der Waals surface area contributed by atoms with Gasteiger partial charge in [0, 0.05) is 37.5 Å². The maximum atomic E-state index is 13.7. The second-order valence-electron chi connectivity index (χ2n) is 6.68. The SMILES string of the molecule is CC(C)CCO[P@](=O)(c1ccc(N(C)C)cc1)[C@H](O)c1ccncc1. The summed E-state index contributed by atoms with van der Waals surface area (Å²) in [5.74, 6) is -0.782. The molecule has 1 aromatic carbocycles. The average Bonchev–Trinajstić information content (AvgIpc) is 2.61. The molecule has 0 aliphatic heterocycles. The first-order chi connectivity index (χ1) is 11.8. The van der Waals surface area contributed by atoms with Crippen molar-refractivity contribution in [1.82, 2.24) is 4.98 Å². The van der Waals surface area contributed by atoms with Crippen LogP contribution in [0.1, 0.15) is 31.7 Å². The number of benzene rings is 1. The maximum Gasteiger partial charge on any atom is 0.264 e. The summed E-state index contributed by atoms with van der Waals surface area (Å²) in [6.45, 7) is 4.51. The van der Waals surface area contributed by atoms with Gasteiger partial charge >= 0.3 is 0 Å². The van der Waals surface area contributed by atoms with Crippen LogP contribution in [-0.2, 0) is 9.09 Å². The standard InChI is InChI=1S/C19H27N2O3P/c1-15(2)11-14-24-25(23,19(22)16-9-12-20-13-10-16)18-7-5-17(6-8-18)21(3)4/h5-10,12-13,15,19,22H,11,14H2,1-4H3/t19-,25+/m0/s1. The minimum Gasteiger partial charge on any atom is -0.378 e. The highest BCUT2D eigenvalue weighted by Crippen LogP contribution is 2.57. The van der Waals surface area contributed by atoms with Crippen molar-refractivity contribution < 1.29 is 14.2 Å².